The minimum atomic E-state index is -0.485. The van der Waals surface area contributed by atoms with Gasteiger partial charge in [-0.15, -0.1) is 0 Å². The van der Waals surface area contributed by atoms with Gasteiger partial charge in [-0.05, 0) is 52.2 Å². The molecule has 0 bridgehead atoms. The Morgan fingerprint density at radius 3 is 2.78 bits per heavy atom. The highest BCUT2D eigenvalue weighted by atomic mass is 16.6. The number of aryl methyl sites for hydroxylation is 1. The molecule has 4 nitrogen and oxygen atoms in total. The summed E-state index contributed by atoms with van der Waals surface area (Å²) in [5.74, 6) is 0.894. The number of nitrogens with zero attached hydrogens (tertiary/aromatic N) is 1. The first kappa shape index (κ1) is 15.9. The highest BCUT2D eigenvalue weighted by Crippen LogP contribution is 2.37. The summed E-state index contributed by atoms with van der Waals surface area (Å²) in [6.45, 7) is 10.5. The van der Waals surface area contributed by atoms with Crippen LogP contribution in [0.15, 0.2) is 22.6 Å². The van der Waals surface area contributed by atoms with Crippen LogP contribution >= 0.6 is 0 Å². The van der Waals surface area contributed by atoms with Crippen molar-refractivity contribution in [3.05, 3.63) is 35.1 Å². The van der Waals surface area contributed by atoms with Crippen molar-refractivity contribution in [2.45, 2.75) is 59.1 Å². The van der Waals surface area contributed by atoms with Gasteiger partial charge >= 0.3 is 6.09 Å². The van der Waals surface area contributed by atoms with E-state index in [-0.39, 0.29) is 12.1 Å². The minimum Gasteiger partial charge on any atom is -0.459 e. The molecule has 2 heterocycles. The lowest BCUT2D eigenvalue weighted by atomic mass is 9.98. The SMILES string of the molecule is CCc1ccc2c3c(oc2c1)C(C)N(C(=O)OC(C)(C)C)CC3. The van der Waals surface area contributed by atoms with Crippen molar-refractivity contribution < 1.29 is 13.9 Å². The molecule has 1 aliphatic heterocycles. The minimum absolute atomic E-state index is 0.105. The second-order valence-corrected chi connectivity index (χ2v) is 7.23. The van der Waals surface area contributed by atoms with Gasteiger partial charge in [0.25, 0.3) is 0 Å². The number of furan rings is 1. The van der Waals surface area contributed by atoms with Gasteiger partial charge in [-0.1, -0.05) is 19.1 Å². The predicted molar refractivity (Wildman–Crippen MR) is 90.7 cm³/mol. The molecule has 0 saturated carbocycles. The third-order valence-corrected chi connectivity index (χ3v) is 4.37. The van der Waals surface area contributed by atoms with E-state index in [1.54, 1.807) is 4.90 Å². The van der Waals surface area contributed by atoms with E-state index >= 15 is 0 Å². The standard InChI is InChI=1S/C19H25NO3/c1-6-13-7-8-14-15-9-10-20(18(21)23-19(3,4)5)12(2)17(15)22-16(14)11-13/h7-8,11-12H,6,9-10H2,1-5H3. The smallest absolute Gasteiger partial charge is 0.410 e. The van der Waals surface area contributed by atoms with Gasteiger partial charge in [0.05, 0.1) is 6.04 Å². The number of hydrogen-bond donors (Lipinski definition) is 0. The predicted octanol–water partition coefficient (Wildman–Crippen LogP) is 4.85. The molecule has 2 aromatic rings. The average molecular weight is 315 g/mol. The molecule has 1 aromatic carbocycles. The molecule has 0 radical (unpaired) electrons. The first-order valence-corrected chi connectivity index (χ1v) is 8.34. The lowest BCUT2D eigenvalue weighted by Gasteiger charge is -2.34. The van der Waals surface area contributed by atoms with Crippen molar-refractivity contribution in [1.29, 1.82) is 0 Å². The molecule has 4 heteroatoms. The van der Waals surface area contributed by atoms with Gasteiger partial charge in [0, 0.05) is 17.5 Å². The summed E-state index contributed by atoms with van der Waals surface area (Å²) < 4.78 is 11.6. The third kappa shape index (κ3) is 2.94. The summed E-state index contributed by atoms with van der Waals surface area (Å²) in [5.41, 5.74) is 2.93. The number of carbonyl (C=O) groups is 1. The van der Waals surface area contributed by atoms with Gasteiger partial charge in [-0.25, -0.2) is 4.79 Å². The Balaban J connectivity index is 1.93. The number of amides is 1. The van der Waals surface area contributed by atoms with Crippen LogP contribution in [0.1, 0.15) is 57.5 Å². The second kappa shape index (κ2) is 5.59. The number of carbonyl (C=O) groups excluding carboxylic acids is 1. The Hall–Kier alpha value is -1.97. The maximum absolute atomic E-state index is 12.4. The van der Waals surface area contributed by atoms with Crippen molar-refractivity contribution in [1.82, 2.24) is 4.90 Å². The topological polar surface area (TPSA) is 42.7 Å². The zero-order valence-electron chi connectivity index (χ0n) is 14.6. The van der Waals surface area contributed by atoms with E-state index in [0.29, 0.717) is 6.54 Å². The van der Waals surface area contributed by atoms with Crippen LogP contribution in [0.4, 0.5) is 4.79 Å². The Kier molecular flexibility index (Phi) is 3.86. The molecule has 124 valence electrons. The highest BCUT2D eigenvalue weighted by Gasteiger charge is 2.34. The van der Waals surface area contributed by atoms with Crippen molar-refractivity contribution >= 4 is 17.1 Å². The highest BCUT2D eigenvalue weighted by molar-refractivity contribution is 5.84. The zero-order valence-corrected chi connectivity index (χ0v) is 14.6. The molecule has 0 spiro atoms. The maximum Gasteiger partial charge on any atom is 0.410 e. The lowest BCUT2D eigenvalue weighted by Crippen LogP contribution is -2.41. The molecule has 0 aliphatic carbocycles. The fourth-order valence-electron chi connectivity index (χ4n) is 3.17. The van der Waals surface area contributed by atoms with E-state index in [2.05, 4.69) is 25.1 Å². The fraction of sp³-hybridized carbons (Fsp3) is 0.526. The van der Waals surface area contributed by atoms with E-state index in [1.165, 1.54) is 16.5 Å². The van der Waals surface area contributed by atoms with Gasteiger partial charge in [-0.3, -0.25) is 4.90 Å². The van der Waals surface area contributed by atoms with Gasteiger partial charge in [-0.2, -0.15) is 0 Å². The molecular weight excluding hydrogens is 290 g/mol. The van der Waals surface area contributed by atoms with E-state index in [4.69, 9.17) is 9.15 Å². The molecule has 1 amide bonds. The summed E-state index contributed by atoms with van der Waals surface area (Å²) >= 11 is 0. The molecule has 1 atom stereocenters. The van der Waals surface area contributed by atoms with Crippen LogP contribution in [-0.4, -0.2) is 23.1 Å². The molecular formula is C19H25NO3. The third-order valence-electron chi connectivity index (χ3n) is 4.37. The normalized spacial score (nSPS) is 18.1. The van der Waals surface area contributed by atoms with Crippen molar-refractivity contribution in [2.24, 2.45) is 0 Å². The van der Waals surface area contributed by atoms with Crippen molar-refractivity contribution in [3.63, 3.8) is 0 Å². The first-order valence-electron chi connectivity index (χ1n) is 8.34. The largest absolute Gasteiger partial charge is 0.459 e. The molecule has 0 saturated heterocycles. The van der Waals surface area contributed by atoms with Crippen LogP contribution in [0.5, 0.6) is 0 Å². The summed E-state index contributed by atoms with van der Waals surface area (Å²) in [7, 11) is 0. The van der Waals surface area contributed by atoms with Crippen LogP contribution in [-0.2, 0) is 17.6 Å². The van der Waals surface area contributed by atoms with E-state index < -0.39 is 5.60 Å². The Labute approximate surface area is 137 Å². The van der Waals surface area contributed by atoms with Crippen molar-refractivity contribution in [3.8, 4) is 0 Å². The maximum atomic E-state index is 12.4. The van der Waals surface area contributed by atoms with Gasteiger partial charge in [0.15, 0.2) is 0 Å². The number of ether oxygens (including phenoxy) is 1. The van der Waals surface area contributed by atoms with E-state index in [1.807, 2.05) is 27.7 Å². The molecule has 23 heavy (non-hydrogen) atoms. The number of rotatable bonds is 1. The monoisotopic (exact) mass is 315 g/mol. The molecule has 0 N–H and O–H groups in total. The summed E-state index contributed by atoms with van der Waals surface area (Å²) in [5, 5.41) is 1.17. The summed E-state index contributed by atoms with van der Waals surface area (Å²) in [4.78, 5) is 14.2. The van der Waals surface area contributed by atoms with Crippen LogP contribution < -0.4 is 0 Å². The van der Waals surface area contributed by atoms with Crippen LogP contribution in [0.2, 0.25) is 0 Å². The second-order valence-electron chi connectivity index (χ2n) is 7.23. The molecule has 3 rings (SSSR count). The fourth-order valence-corrected chi connectivity index (χ4v) is 3.17. The van der Waals surface area contributed by atoms with Gasteiger partial charge < -0.3 is 9.15 Å². The average Bonchev–Trinajstić information content (AvgIpc) is 2.84. The van der Waals surface area contributed by atoms with Crippen LogP contribution in [0, 0.1) is 0 Å². The summed E-state index contributed by atoms with van der Waals surface area (Å²) in [6, 6.07) is 6.30. The first-order chi connectivity index (χ1) is 10.8. The Morgan fingerprint density at radius 2 is 2.13 bits per heavy atom. The quantitative estimate of drug-likeness (QED) is 0.755. The number of hydrogen-bond acceptors (Lipinski definition) is 3. The van der Waals surface area contributed by atoms with Gasteiger partial charge in [0.1, 0.15) is 16.9 Å². The Morgan fingerprint density at radius 1 is 1.39 bits per heavy atom. The molecule has 0 fully saturated rings. The van der Waals surface area contributed by atoms with Crippen LogP contribution in [0.25, 0.3) is 11.0 Å². The van der Waals surface area contributed by atoms with Crippen molar-refractivity contribution in [2.75, 3.05) is 6.54 Å². The number of fused-ring (bicyclic) bond motifs is 3. The number of benzene rings is 1. The Bertz CT molecular complexity index is 739. The molecule has 1 aromatic heterocycles. The van der Waals surface area contributed by atoms with E-state index in [9.17, 15) is 4.79 Å². The van der Waals surface area contributed by atoms with Gasteiger partial charge in [0.2, 0.25) is 0 Å². The zero-order chi connectivity index (χ0) is 16.8. The molecule has 1 aliphatic rings. The van der Waals surface area contributed by atoms with Crippen LogP contribution in [0.3, 0.4) is 0 Å². The summed E-state index contributed by atoms with van der Waals surface area (Å²) in [6.07, 6.45) is 1.52. The van der Waals surface area contributed by atoms with E-state index in [0.717, 1.165) is 24.2 Å². The molecule has 1 unspecified atom stereocenters. The lowest BCUT2D eigenvalue weighted by molar-refractivity contribution is 0.0138.